The van der Waals surface area contributed by atoms with E-state index in [-0.39, 0.29) is 18.0 Å². The largest absolute Gasteiger partial charge is 0.497 e. The van der Waals surface area contributed by atoms with Gasteiger partial charge in [0.2, 0.25) is 0 Å². The van der Waals surface area contributed by atoms with Gasteiger partial charge in [0.15, 0.2) is 0 Å². The molecule has 1 aliphatic heterocycles. The second kappa shape index (κ2) is 11.3. The predicted molar refractivity (Wildman–Crippen MR) is 146 cm³/mol. The summed E-state index contributed by atoms with van der Waals surface area (Å²) < 4.78 is 91.9. The quantitative estimate of drug-likeness (QED) is 0.331. The lowest BCUT2D eigenvalue weighted by Gasteiger charge is -2.36. The fraction of sp³-hybridized carbons (Fsp3) is 0.467. The number of rotatable bonds is 6. The van der Waals surface area contributed by atoms with Crippen LogP contribution in [-0.4, -0.2) is 48.9 Å². The minimum atomic E-state index is -5.05. The number of methoxy groups -OCH3 is 1. The van der Waals surface area contributed by atoms with E-state index in [1.165, 1.54) is 26.0 Å². The first-order valence-electron chi connectivity index (χ1n) is 13.4. The van der Waals surface area contributed by atoms with E-state index in [1.54, 1.807) is 18.2 Å². The Morgan fingerprint density at radius 3 is 2.23 bits per heavy atom. The molecule has 1 heterocycles. The van der Waals surface area contributed by atoms with Crippen LogP contribution in [0.2, 0.25) is 0 Å². The molecular formula is C30H32F6N2O5. The molecule has 1 saturated heterocycles. The van der Waals surface area contributed by atoms with Gasteiger partial charge in [0.1, 0.15) is 11.9 Å². The van der Waals surface area contributed by atoms with Crippen LogP contribution in [0.3, 0.4) is 0 Å². The Labute approximate surface area is 244 Å². The number of benzene rings is 2. The van der Waals surface area contributed by atoms with Gasteiger partial charge in [0, 0.05) is 19.2 Å². The summed E-state index contributed by atoms with van der Waals surface area (Å²) in [5.74, 6) is 0.480. The maximum absolute atomic E-state index is 13.5. The Balaban J connectivity index is 1.77. The minimum absolute atomic E-state index is 0.0201. The van der Waals surface area contributed by atoms with Gasteiger partial charge in [-0.25, -0.2) is 9.59 Å². The van der Waals surface area contributed by atoms with Crippen LogP contribution >= 0.6 is 0 Å². The molecule has 1 N–H and O–H groups in total. The van der Waals surface area contributed by atoms with Crippen molar-refractivity contribution in [2.24, 2.45) is 5.41 Å². The van der Waals surface area contributed by atoms with Gasteiger partial charge in [-0.15, -0.1) is 0 Å². The van der Waals surface area contributed by atoms with E-state index in [1.807, 2.05) is 13.8 Å². The van der Waals surface area contributed by atoms with Crippen LogP contribution in [0.5, 0.6) is 5.75 Å². The zero-order valence-electron chi connectivity index (χ0n) is 24.2. The van der Waals surface area contributed by atoms with Crippen molar-refractivity contribution < 1.29 is 50.5 Å². The average molecular weight is 615 g/mol. The van der Waals surface area contributed by atoms with Crippen LogP contribution < -0.4 is 9.64 Å². The molecule has 0 unspecified atom stereocenters. The molecule has 0 spiro atoms. The summed E-state index contributed by atoms with van der Waals surface area (Å²) in [6, 6.07) is 5.21. The van der Waals surface area contributed by atoms with Crippen molar-refractivity contribution in [3.63, 3.8) is 0 Å². The Bertz CT molecular complexity index is 1420. The van der Waals surface area contributed by atoms with Crippen LogP contribution in [0, 0.1) is 5.41 Å². The third-order valence-corrected chi connectivity index (χ3v) is 8.04. The highest BCUT2D eigenvalue weighted by molar-refractivity contribution is 5.92. The number of cyclic esters (lactones) is 1. The van der Waals surface area contributed by atoms with Crippen LogP contribution in [0.4, 0.5) is 41.6 Å². The SMILES string of the molecule is COc1ccc(N(C)C(=O)O)c(C2=C(CN3C(=O)O[C@H](c4cc(C(F)(F)F)cc(C(F)(F)F)c4)[C@@H]3C)CC(C)(C)CC2)c1. The van der Waals surface area contributed by atoms with Gasteiger partial charge in [0.25, 0.3) is 0 Å². The van der Waals surface area contributed by atoms with Gasteiger partial charge in [0.05, 0.1) is 30.0 Å². The number of hydrogen-bond acceptors (Lipinski definition) is 4. The Morgan fingerprint density at radius 2 is 1.70 bits per heavy atom. The summed E-state index contributed by atoms with van der Waals surface area (Å²) in [5.41, 5.74) is -1.08. The molecule has 7 nitrogen and oxygen atoms in total. The van der Waals surface area contributed by atoms with E-state index >= 15 is 0 Å². The predicted octanol–water partition coefficient (Wildman–Crippen LogP) is 8.39. The number of ether oxygens (including phenoxy) is 2. The first kappa shape index (κ1) is 32.0. The molecular weight excluding hydrogens is 582 g/mol. The smallest absolute Gasteiger partial charge is 0.416 e. The topological polar surface area (TPSA) is 79.3 Å². The van der Waals surface area contributed by atoms with Crippen molar-refractivity contribution in [2.45, 2.75) is 64.5 Å². The molecule has 2 aromatic rings. The molecule has 0 radical (unpaired) electrons. The van der Waals surface area contributed by atoms with Gasteiger partial charge in [-0.2, -0.15) is 26.3 Å². The van der Waals surface area contributed by atoms with Crippen molar-refractivity contribution in [1.29, 1.82) is 0 Å². The fourth-order valence-corrected chi connectivity index (χ4v) is 5.68. The molecule has 1 fully saturated rings. The normalized spacial score (nSPS) is 20.7. The summed E-state index contributed by atoms with van der Waals surface area (Å²) in [6.07, 6.45) is -11.8. The molecule has 13 heteroatoms. The molecule has 1 aliphatic carbocycles. The molecule has 0 saturated carbocycles. The van der Waals surface area contributed by atoms with Gasteiger partial charge in [-0.3, -0.25) is 9.80 Å². The van der Waals surface area contributed by atoms with Crippen molar-refractivity contribution in [2.75, 3.05) is 25.6 Å². The number of alkyl halides is 6. The van der Waals surface area contributed by atoms with Crippen LogP contribution in [0.15, 0.2) is 42.0 Å². The number of amides is 2. The number of allylic oxidation sites excluding steroid dienone is 1. The van der Waals surface area contributed by atoms with Crippen LogP contribution in [0.1, 0.15) is 68.4 Å². The van der Waals surface area contributed by atoms with Gasteiger partial charge in [-0.05, 0) is 84.7 Å². The number of carbonyl (C=O) groups excluding carboxylic acids is 1. The zero-order chi connectivity index (χ0) is 32.1. The zero-order valence-corrected chi connectivity index (χ0v) is 24.2. The van der Waals surface area contributed by atoms with Crippen molar-refractivity contribution >= 4 is 23.4 Å². The number of nitrogens with zero attached hydrogens (tertiary/aromatic N) is 2. The lowest BCUT2D eigenvalue weighted by molar-refractivity contribution is -0.143. The summed E-state index contributed by atoms with van der Waals surface area (Å²) in [6.45, 7) is 5.56. The Morgan fingerprint density at radius 1 is 1.09 bits per heavy atom. The monoisotopic (exact) mass is 614 g/mol. The second-order valence-corrected chi connectivity index (χ2v) is 11.7. The number of carboxylic acid groups (broad SMARTS) is 1. The highest BCUT2D eigenvalue weighted by Crippen LogP contribution is 2.47. The van der Waals surface area contributed by atoms with Gasteiger partial charge >= 0.3 is 24.5 Å². The molecule has 2 amide bonds. The number of carbonyl (C=O) groups is 2. The molecule has 2 aliphatic rings. The summed E-state index contributed by atoms with van der Waals surface area (Å²) >= 11 is 0. The standard InChI is InChI=1S/C30H32F6N2O5/c1-16-25(17-10-19(29(31,32)33)12-20(11-17)30(34,35)36)43-27(41)38(16)15-18-14-28(2,3)9-8-22(18)23-13-21(42-5)6-7-24(23)37(4)26(39)40/h6-7,10-13,16,25H,8-9,14-15H2,1-5H3,(H,39,40)/t16-,25-/m0/s1. The third kappa shape index (κ3) is 6.70. The molecule has 234 valence electrons. The molecule has 0 bridgehead atoms. The first-order valence-corrected chi connectivity index (χ1v) is 13.4. The summed E-state index contributed by atoms with van der Waals surface area (Å²) in [4.78, 5) is 27.3. The van der Waals surface area contributed by atoms with Crippen LogP contribution in [-0.2, 0) is 17.1 Å². The maximum atomic E-state index is 13.5. The Kier molecular flexibility index (Phi) is 8.42. The highest BCUT2D eigenvalue weighted by Gasteiger charge is 2.44. The van der Waals surface area contributed by atoms with E-state index in [0.717, 1.165) is 22.5 Å². The fourth-order valence-electron chi connectivity index (χ4n) is 5.68. The number of hydrogen-bond donors (Lipinski definition) is 1. The first-order chi connectivity index (χ1) is 19.8. The lowest BCUT2D eigenvalue weighted by Crippen LogP contribution is -2.36. The highest BCUT2D eigenvalue weighted by atomic mass is 19.4. The summed E-state index contributed by atoms with van der Waals surface area (Å²) in [5, 5.41) is 9.68. The van der Waals surface area contributed by atoms with E-state index in [0.29, 0.717) is 42.0 Å². The molecule has 2 atom stereocenters. The number of anilines is 1. The second-order valence-electron chi connectivity index (χ2n) is 11.7. The van der Waals surface area contributed by atoms with Crippen molar-refractivity contribution in [3.8, 4) is 5.75 Å². The summed E-state index contributed by atoms with van der Waals surface area (Å²) in [7, 11) is 2.87. The van der Waals surface area contributed by atoms with Crippen molar-refractivity contribution in [1.82, 2.24) is 4.90 Å². The van der Waals surface area contributed by atoms with Gasteiger partial charge in [-0.1, -0.05) is 13.8 Å². The Hall–Kier alpha value is -3.90. The van der Waals surface area contributed by atoms with Crippen LogP contribution in [0.25, 0.3) is 5.57 Å². The molecule has 0 aromatic heterocycles. The van der Waals surface area contributed by atoms with Crippen molar-refractivity contribution in [3.05, 3.63) is 64.2 Å². The van der Waals surface area contributed by atoms with Gasteiger partial charge < -0.3 is 14.6 Å². The van der Waals surface area contributed by atoms with E-state index in [9.17, 15) is 41.0 Å². The van der Waals surface area contributed by atoms with E-state index < -0.39 is 53.4 Å². The maximum Gasteiger partial charge on any atom is 0.416 e. The average Bonchev–Trinajstić information content (AvgIpc) is 3.19. The molecule has 4 rings (SSSR count). The van der Waals surface area contributed by atoms with E-state index in [2.05, 4.69) is 0 Å². The lowest BCUT2D eigenvalue weighted by atomic mass is 9.72. The van der Waals surface area contributed by atoms with E-state index in [4.69, 9.17) is 9.47 Å². The minimum Gasteiger partial charge on any atom is -0.497 e. The third-order valence-electron chi connectivity index (χ3n) is 8.04. The molecule has 2 aromatic carbocycles. The molecule has 43 heavy (non-hydrogen) atoms. The number of halogens is 6.